The van der Waals surface area contributed by atoms with E-state index in [2.05, 4.69) is 19.6 Å². The van der Waals surface area contributed by atoms with Gasteiger partial charge in [0.05, 0.1) is 0 Å². The molecule has 2 atom stereocenters. The van der Waals surface area contributed by atoms with Gasteiger partial charge >= 0.3 is 5.97 Å². The lowest BCUT2D eigenvalue weighted by Gasteiger charge is -2.38. The van der Waals surface area contributed by atoms with E-state index in [4.69, 9.17) is 4.74 Å². The molecule has 1 aliphatic carbocycles. The molecule has 0 radical (unpaired) electrons. The minimum Gasteiger partial charge on any atom is -0.457 e. The van der Waals surface area contributed by atoms with Crippen molar-refractivity contribution in [1.82, 2.24) is 0 Å². The second kappa shape index (κ2) is 3.99. The van der Waals surface area contributed by atoms with Gasteiger partial charge < -0.3 is 4.74 Å². The van der Waals surface area contributed by atoms with Crippen molar-refractivity contribution in [1.29, 1.82) is 0 Å². The summed E-state index contributed by atoms with van der Waals surface area (Å²) in [4.78, 5) is 10.9. The molecule has 0 N–H and O–H groups in total. The summed E-state index contributed by atoms with van der Waals surface area (Å²) in [5.41, 5.74) is 0.980. The monoisotopic (exact) mass is 194 g/mol. The van der Waals surface area contributed by atoms with Crippen molar-refractivity contribution in [2.24, 2.45) is 5.41 Å². The van der Waals surface area contributed by atoms with Crippen LogP contribution >= 0.6 is 0 Å². The predicted octanol–water partition coefficient (Wildman–Crippen LogP) is 2.85. The van der Waals surface area contributed by atoms with Crippen LogP contribution in [-0.2, 0) is 9.53 Å². The van der Waals surface area contributed by atoms with Crippen LogP contribution in [0.4, 0.5) is 0 Å². The van der Waals surface area contributed by atoms with Gasteiger partial charge in [-0.3, -0.25) is 4.79 Å². The molecule has 0 bridgehead atoms. The van der Waals surface area contributed by atoms with Crippen LogP contribution in [0.2, 0.25) is 0 Å². The number of allylic oxidation sites excluding steroid dienone is 1. The van der Waals surface area contributed by atoms with Gasteiger partial charge in [0, 0.05) is 12.3 Å². The lowest BCUT2D eigenvalue weighted by atomic mass is 9.72. The van der Waals surface area contributed by atoms with E-state index >= 15 is 0 Å². The highest BCUT2D eigenvalue weighted by atomic mass is 16.5. The molecule has 2 heteroatoms. The number of hydrogen-bond donors (Lipinski definition) is 0. The molecule has 0 aliphatic heterocycles. The van der Waals surface area contributed by atoms with E-state index in [1.165, 1.54) is 6.92 Å². The van der Waals surface area contributed by atoms with Crippen LogP contribution in [0.15, 0.2) is 24.3 Å². The molecule has 0 amide bonds. The molecule has 0 unspecified atom stereocenters. The van der Waals surface area contributed by atoms with Gasteiger partial charge in [-0.1, -0.05) is 25.2 Å². The number of esters is 1. The van der Waals surface area contributed by atoms with Gasteiger partial charge in [0.25, 0.3) is 0 Å². The molecule has 2 nitrogen and oxygen atoms in total. The maximum absolute atomic E-state index is 10.9. The third-order valence-electron chi connectivity index (χ3n) is 3.04. The molecule has 0 fully saturated rings. The molecule has 0 aromatic carbocycles. The van der Waals surface area contributed by atoms with E-state index < -0.39 is 0 Å². The second-order valence-corrected chi connectivity index (χ2v) is 4.19. The molecular weight excluding hydrogens is 176 g/mol. The minimum absolute atomic E-state index is 0.0968. The van der Waals surface area contributed by atoms with E-state index in [0.717, 1.165) is 18.4 Å². The van der Waals surface area contributed by atoms with Crippen LogP contribution in [0, 0.1) is 5.41 Å². The fraction of sp³-hybridized carbons (Fsp3) is 0.583. The molecular formula is C12H18O2. The number of carbonyl (C=O) groups is 1. The maximum Gasteiger partial charge on any atom is 0.303 e. The summed E-state index contributed by atoms with van der Waals surface area (Å²) >= 11 is 0. The topological polar surface area (TPSA) is 26.3 Å². The first kappa shape index (κ1) is 11.0. The Labute approximate surface area is 85.6 Å². The van der Waals surface area contributed by atoms with Crippen molar-refractivity contribution in [3.63, 3.8) is 0 Å². The smallest absolute Gasteiger partial charge is 0.303 e. The van der Waals surface area contributed by atoms with E-state index in [1.807, 2.05) is 13.0 Å². The van der Waals surface area contributed by atoms with Gasteiger partial charge in [0.1, 0.15) is 6.10 Å². The normalized spacial score (nSPS) is 31.2. The number of ether oxygens (including phenoxy) is 1. The van der Waals surface area contributed by atoms with E-state index in [9.17, 15) is 4.79 Å². The molecule has 14 heavy (non-hydrogen) atoms. The quantitative estimate of drug-likeness (QED) is 0.499. The van der Waals surface area contributed by atoms with E-state index in [1.54, 1.807) is 0 Å². The van der Waals surface area contributed by atoms with Gasteiger partial charge in [-0.2, -0.15) is 0 Å². The first-order valence-corrected chi connectivity index (χ1v) is 4.96. The third kappa shape index (κ3) is 2.06. The highest BCUT2D eigenvalue weighted by Gasteiger charge is 2.37. The lowest BCUT2D eigenvalue weighted by molar-refractivity contribution is -0.148. The highest BCUT2D eigenvalue weighted by Crippen LogP contribution is 2.40. The molecule has 1 aliphatic rings. The summed E-state index contributed by atoms with van der Waals surface area (Å²) in [6.45, 7) is 9.53. The first-order valence-electron chi connectivity index (χ1n) is 4.96. The van der Waals surface area contributed by atoms with Crippen LogP contribution in [0.1, 0.15) is 33.6 Å². The third-order valence-corrected chi connectivity index (χ3v) is 3.04. The van der Waals surface area contributed by atoms with Crippen molar-refractivity contribution < 1.29 is 9.53 Å². The number of hydrogen-bond acceptors (Lipinski definition) is 2. The van der Waals surface area contributed by atoms with Gasteiger partial charge in [-0.25, -0.2) is 0 Å². The Hall–Kier alpha value is -1.05. The average Bonchev–Trinajstić information content (AvgIpc) is 2.08. The Morgan fingerprint density at radius 3 is 2.71 bits per heavy atom. The highest BCUT2D eigenvalue weighted by molar-refractivity contribution is 5.66. The van der Waals surface area contributed by atoms with Gasteiger partial charge in [-0.15, -0.1) is 0 Å². The summed E-state index contributed by atoms with van der Waals surface area (Å²) in [6.07, 6.45) is 5.92. The van der Waals surface area contributed by atoms with Gasteiger partial charge in [0.15, 0.2) is 0 Å². The Kier molecular flexibility index (Phi) is 3.14. The van der Waals surface area contributed by atoms with E-state index in [-0.39, 0.29) is 17.5 Å². The summed E-state index contributed by atoms with van der Waals surface area (Å²) in [6, 6.07) is 0. The van der Waals surface area contributed by atoms with Gasteiger partial charge in [-0.05, 0) is 25.8 Å². The van der Waals surface area contributed by atoms with Crippen molar-refractivity contribution in [2.45, 2.75) is 39.7 Å². The molecule has 0 heterocycles. The summed E-state index contributed by atoms with van der Waals surface area (Å²) < 4.78 is 5.28. The van der Waals surface area contributed by atoms with Crippen LogP contribution in [0.3, 0.4) is 0 Å². The average molecular weight is 194 g/mol. The second-order valence-electron chi connectivity index (χ2n) is 4.19. The number of carbonyl (C=O) groups excluding carboxylic acids is 1. The van der Waals surface area contributed by atoms with Gasteiger partial charge in [0.2, 0.25) is 0 Å². The van der Waals surface area contributed by atoms with Crippen LogP contribution < -0.4 is 0 Å². The van der Waals surface area contributed by atoms with Crippen molar-refractivity contribution >= 4 is 5.97 Å². The molecule has 78 valence electrons. The van der Waals surface area contributed by atoms with Crippen LogP contribution in [0.25, 0.3) is 0 Å². The Morgan fingerprint density at radius 1 is 1.57 bits per heavy atom. The van der Waals surface area contributed by atoms with E-state index in [0.29, 0.717) is 0 Å². The summed E-state index contributed by atoms with van der Waals surface area (Å²) in [7, 11) is 0. The number of rotatable bonds is 2. The predicted molar refractivity (Wildman–Crippen MR) is 56.8 cm³/mol. The zero-order valence-corrected chi connectivity index (χ0v) is 9.17. The summed E-state index contributed by atoms with van der Waals surface area (Å²) in [5.74, 6) is -0.228. The van der Waals surface area contributed by atoms with Crippen molar-refractivity contribution in [3.8, 4) is 0 Å². The maximum atomic E-state index is 10.9. The largest absolute Gasteiger partial charge is 0.457 e. The first-order chi connectivity index (χ1) is 6.47. The molecule has 0 saturated heterocycles. The Morgan fingerprint density at radius 2 is 2.21 bits per heavy atom. The van der Waals surface area contributed by atoms with Crippen molar-refractivity contribution in [2.75, 3.05) is 0 Å². The molecule has 1 rings (SSSR count). The Bertz CT molecular complexity index is 278. The molecule has 0 spiro atoms. The van der Waals surface area contributed by atoms with Crippen molar-refractivity contribution in [3.05, 3.63) is 24.3 Å². The zero-order chi connectivity index (χ0) is 10.8. The zero-order valence-electron chi connectivity index (χ0n) is 9.17. The SMILES string of the molecule is C=C(C)[C@@]1(C)CCC=C[C@H]1OC(C)=O. The molecule has 0 saturated carbocycles. The molecule has 0 aromatic rings. The fourth-order valence-corrected chi connectivity index (χ4v) is 1.76. The van der Waals surface area contributed by atoms with Crippen LogP contribution in [-0.4, -0.2) is 12.1 Å². The van der Waals surface area contributed by atoms with Crippen LogP contribution in [0.5, 0.6) is 0 Å². The standard InChI is InChI=1S/C12H18O2/c1-9(2)12(4)8-6-5-7-11(12)14-10(3)13/h5,7,11H,1,6,8H2,2-4H3/t11-,12-/m1/s1. The summed E-state index contributed by atoms with van der Waals surface area (Å²) in [5, 5.41) is 0. The fourth-order valence-electron chi connectivity index (χ4n) is 1.76. The lowest BCUT2D eigenvalue weighted by Crippen LogP contribution is -2.37. The Balaban J connectivity index is 2.87. The minimum atomic E-state index is -0.228. The molecule has 0 aromatic heterocycles.